The van der Waals surface area contributed by atoms with Crippen LogP contribution in [0, 0.1) is 18.3 Å². The van der Waals surface area contributed by atoms with Crippen LogP contribution in [0.1, 0.15) is 64.1 Å². The van der Waals surface area contributed by atoms with Crippen LogP contribution >= 0.6 is 0 Å². The van der Waals surface area contributed by atoms with E-state index < -0.39 is 48.7 Å². The van der Waals surface area contributed by atoms with E-state index in [1.807, 2.05) is 25.1 Å². The minimum Gasteiger partial charge on any atom is -0.444 e. The average molecular weight is 461 g/mol. The molecule has 1 aromatic carbocycles. The number of aryl methyl sites for hydroxylation is 1. The van der Waals surface area contributed by atoms with Crippen molar-refractivity contribution in [3.05, 3.63) is 35.4 Å². The molecular formula is C24H36N4O5. The fraction of sp³-hybridized carbons (Fsp3) is 0.583. The van der Waals surface area contributed by atoms with Gasteiger partial charge in [0, 0.05) is 6.54 Å². The molecular weight excluding hydrogens is 424 g/mol. The first-order chi connectivity index (χ1) is 15.6. The molecule has 9 nitrogen and oxygen atoms in total. The van der Waals surface area contributed by atoms with Crippen molar-refractivity contribution in [3.63, 3.8) is 0 Å². The van der Waals surface area contributed by atoms with Crippen LogP contribution in [0.4, 0.5) is 4.79 Å². The Morgan fingerprint density at radius 1 is 1.21 bits per heavy atom. The van der Waals surface area contributed by atoms with Crippen LogP contribution in [0.2, 0.25) is 0 Å². The van der Waals surface area contributed by atoms with Gasteiger partial charge in [-0.25, -0.2) is 4.79 Å². The van der Waals surface area contributed by atoms with Gasteiger partial charge < -0.3 is 25.4 Å². The van der Waals surface area contributed by atoms with Crippen molar-refractivity contribution in [2.75, 3.05) is 19.7 Å². The molecule has 0 aliphatic carbocycles. The summed E-state index contributed by atoms with van der Waals surface area (Å²) in [6, 6.07) is 6.52. The first-order valence-electron chi connectivity index (χ1n) is 11.2. The first kappa shape index (κ1) is 27.9. The smallest absolute Gasteiger partial charge is 0.408 e. The minimum absolute atomic E-state index is 0.410. The van der Waals surface area contributed by atoms with Crippen molar-refractivity contribution in [3.8, 4) is 6.07 Å². The third-order valence-corrected chi connectivity index (χ3v) is 4.82. The number of nitriles is 1. The number of aliphatic hydroxyl groups is 1. The molecule has 1 rings (SSSR count). The maximum absolute atomic E-state index is 13.3. The van der Waals surface area contributed by atoms with Gasteiger partial charge in [0.1, 0.15) is 24.2 Å². The van der Waals surface area contributed by atoms with E-state index >= 15 is 0 Å². The third-order valence-electron chi connectivity index (χ3n) is 4.82. The lowest BCUT2D eigenvalue weighted by Gasteiger charge is -2.33. The molecule has 2 unspecified atom stereocenters. The molecule has 0 saturated carbocycles. The zero-order valence-electron chi connectivity index (χ0n) is 20.2. The Labute approximate surface area is 196 Å². The van der Waals surface area contributed by atoms with Crippen molar-refractivity contribution < 1.29 is 24.2 Å². The Hall–Kier alpha value is -3.12. The van der Waals surface area contributed by atoms with Crippen molar-refractivity contribution in [1.82, 2.24) is 15.5 Å². The van der Waals surface area contributed by atoms with E-state index in [1.54, 1.807) is 32.9 Å². The predicted octanol–water partition coefficient (Wildman–Crippen LogP) is 2.58. The highest BCUT2D eigenvalue weighted by Crippen LogP contribution is 2.25. The number of alkyl carbamates (subject to hydrolysis) is 1. The molecule has 0 bridgehead atoms. The van der Waals surface area contributed by atoms with E-state index in [2.05, 4.69) is 17.6 Å². The summed E-state index contributed by atoms with van der Waals surface area (Å²) in [7, 11) is 0. The number of amides is 3. The Bertz CT molecular complexity index is 844. The quantitative estimate of drug-likeness (QED) is 0.343. The summed E-state index contributed by atoms with van der Waals surface area (Å²) >= 11 is 0. The van der Waals surface area contributed by atoms with Gasteiger partial charge in [0.05, 0.1) is 12.7 Å². The summed E-state index contributed by atoms with van der Waals surface area (Å²) in [6.45, 7) is 8.17. The average Bonchev–Trinajstić information content (AvgIpc) is 2.74. The lowest BCUT2D eigenvalue weighted by atomic mass is 9.98. The van der Waals surface area contributed by atoms with Crippen LogP contribution < -0.4 is 10.6 Å². The molecule has 0 aromatic heterocycles. The number of hydrogen-bond acceptors (Lipinski definition) is 6. The van der Waals surface area contributed by atoms with Crippen LogP contribution in [0.25, 0.3) is 0 Å². The van der Waals surface area contributed by atoms with Gasteiger partial charge in [0.25, 0.3) is 0 Å². The van der Waals surface area contributed by atoms with Gasteiger partial charge in [0.15, 0.2) is 0 Å². The maximum Gasteiger partial charge on any atom is 0.408 e. The number of aliphatic hydroxyl groups excluding tert-OH is 1. The second kappa shape index (κ2) is 13.4. The van der Waals surface area contributed by atoms with Gasteiger partial charge in [-0.2, -0.15) is 5.26 Å². The number of rotatable bonds is 11. The maximum atomic E-state index is 13.3. The summed E-state index contributed by atoms with van der Waals surface area (Å²) in [5.74, 6) is -1.19. The van der Waals surface area contributed by atoms with Gasteiger partial charge in [0.2, 0.25) is 11.8 Å². The summed E-state index contributed by atoms with van der Waals surface area (Å²) in [6.07, 6.45) is 1.84. The molecule has 3 amide bonds. The third kappa shape index (κ3) is 9.10. The highest BCUT2D eigenvalue weighted by atomic mass is 16.6. The lowest BCUT2D eigenvalue weighted by Crippen LogP contribution is -2.54. The van der Waals surface area contributed by atoms with Crippen molar-refractivity contribution in [2.24, 2.45) is 0 Å². The van der Waals surface area contributed by atoms with Crippen molar-refractivity contribution in [1.29, 1.82) is 5.26 Å². The normalized spacial score (nSPS) is 12.8. The predicted molar refractivity (Wildman–Crippen MR) is 124 cm³/mol. The van der Waals surface area contributed by atoms with Crippen LogP contribution in [0.5, 0.6) is 0 Å². The Balaban J connectivity index is 3.26. The summed E-state index contributed by atoms with van der Waals surface area (Å²) in [4.78, 5) is 39.8. The van der Waals surface area contributed by atoms with E-state index in [-0.39, 0.29) is 0 Å². The standard InChI is InChI=1S/C24H36N4O5/c1-6-7-10-14-26-21(30)20(18-12-9-8-11-17(18)2)28(15-13-25)22(31)19(16-29)27-23(32)33-24(3,4)5/h8-9,11-12,19-20,29H,6-7,10,14-16H2,1-5H3,(H,26,30)(H,27,32). The van der Waals surface area contributed by atoms with E-state index in [0.29, 0.717) is 12.1 Å². The Morgan fingerprint density at radius 3 is 2.42 bits per heavy atom. The van der Waals surface area contributed by atoms with Gasteiger partial charge in [-0.3, -0.25) is 9.59 Å². The fourth-order valence-corrected chi connectivity index (χ4v) is 3.24. The second-order valence-corrected chi connectivity index (χ2v) is 8.76. The number of benzene rings is 1. The molecule has 33 heavy (non-hydrogen) atoms. The number of hydrogen-bond donors (Lipinski definition) is 3. The monoisotopic (exact) mass is 460 g/mol. The molecule has 0 spiro atoms. The van der Waals surface area contributed by atoms with Crippen LogP contribution in [-0.2, 0) is 14.3 Å². The molecule has 1 aromatic rings. The highest BCUT2D eigenvalue weighted by molar-refractivity contribution is 5.92. The Kier molecular flexibility index (Phi) is 11.4. The zero-order chi connectivity index (χ0) is 25.0. The summed E-state index contributed by atoms with van der Waals surface area (Å²) in [5.41, 5.74) is 0.521. The van der Waals surface area contributed by atoms with Crippen LogP contribution in [0.3, 0.4) is 0 Å². The number of carbonyl (C=O) groups is 3. The molecule has 0 aliphatic heterocycles. The van der Waals surface area contributed by atoms with Crippen LogP contribution in [-0.4, -0.2) is 59.3 Å². The number of nitrogens with zero attached hydrogens (tertiary/aromatic N) is 2. The van der Waals surface area contributed by atoms with Gasteiger partial charge in [-0.15, -0.1) is 0 Å². The number of unbranched alkanes of at least 4 members (excludes halogenated alkanes) is 2. The molecule has 0 aliphatic rings. The zero-order valence-corrected chi connectivity index (χ0v) is 20.2. The number of carbonyl (C=O) groups excluding carboxylic acids is 3. The van der Waals surface area contributed by atoms with E-state index in [0.717, 1.165) is 29.7 Å². The summed E-state index contributed by atoms with van der Waals surface area (Å²) < 4.78 is 5.17. The molecule has 2 atom stereocenters. The van der Waals surface area contributed by atoms with Crippen molar-refractivity contribution >= 4 is 17.9 Å². The molecule has 0 heterocycles. The molecule has 182 valence electrons. The van der Waals surface area contributed by atoms with E-state index in [4.69, 9.17) is 4.74 Å². The molecule has 0 saturated heterocycles. The van der Waals surface area contributed by atoms with Gasteiger partial charge >= 0.3 is 6.09 Å². The fourth-order valence-electron chi connectivity index (χ4n) is 3.24. The first-order valence-corrected chi connectivity index (χ1v) is 11.2. The minimum atomic E-state index is -1.38. The molecule has 9 heteroatoms. The van der Waals surface area contributed by atoms with Crippen molar-refractivity contribution in [2.45, 2.75) is 71.6 Å². The largest absolute Gasteiger partial charge is 0.444 e. The van der Waals surface area contributed by atoms with Crippen LogP contribution in [0.15, 0.2) is 24.3 Å². The number of nitrogens with one attached hydrogen (secondary N) is 2. The highest BCUT2D eigenvalue weighted by Gasteiger charge is 2.36. The Morgan fingerprint density at radius 2 is 1.88 bits per heavy atom. The van der Waals surface area contributed by atoms with Gasteiger partial charge in [-0.1, -0.05) is 44.0 Å². The SMILES string of the molecule is CCCCCNC(=O)C(c1ccccc1C)N(CC#N)C(=O)C(CO)NC(=O)OC(C)(C)C. The second-order valence-electron chi connectivity index (χ2n) is 8.76. The van der Waals surface area contributed by atoms with E-state index in [1.165, 1.54) is 0 Å². The lowest BCUT2D eigenvalue weighted by molar-refractivity contribution is -0.142. The number of ether oxygens (including phenoxy) is 1. The molecule has 0 fully saturated rings. The molecule has 0 radical (unpaired) electrons. The topological polar surface area (TPSA) is 132 Å². The van der Waals surface area contributed by atoms with E-state index in [9.17, 15) is 24.8 Å². The molecule has 3 N–H and O–H groups in total. The summed E-state index contributed by atoms with van der Waals surface area (Å²) in [5, 5.41) is 24.4. The van der Waals surface area contributed by atoms with Gasteiger partial charge in [-0.05, 0) is 45.2 Å².